The van der Waals surface area contributed by atoms with E-state index in [0.29, 0.717) is 17.8 Å². The van der Waals surface area contributed by atoms with Crippen LogP contribution in [0.25, 0.3) is 0 Å². The first-order valence-corrected chi connectivity index (χ1v) is 13.2. The van der Waals surface area contributed by atoms with E-state index in [1.54, 1.807) is 0 Å². The molecule has 24 heavy (non-hydrogen) atoms. The van der Waals surface area contributed by atoms with Crippen molar-refractivity contribution in [2.75, 3.05) is 26.4 Å². The van der Waals surface area contributed by atoms with Crippen LogP contribution in [0.5, 0.6) is 0 Å². The molecule has 0 aliphatic carbocycles. The van der Waals surface area contributed by atoms with E-state index in [1.165, 1.54) is 0 Å². The predicted molar refractivity (Wildman–Crippen MR) is 106 cm³/mol. The first-order valence-electron chi connectivity index (χ1n) is 9.72. The zero-order chi connectivity index (χ0) is 19.0. The highest BCUT2D eigenvalue weighted by atomic mass is 27.2. The van der Waals surface area contributed by atoms with Gasteiger partial charge in [0.2, 0.25) is 0 Å². The van der Waals surface area contributed by atoms with E-state index in [0.717, 1.165) is 37.0 Å². The molecule has 0 N–H and O–H groups in total. The van der Waals surface area contributed by atoms with Gasteiger partial charge in [-0.25, -0.2) is 0 Å². The van der Waals surface area contributed by atoms with E-state index in [4.69, 9.17) is 15.2 Å². The van der Waals surface area contributed by atoms with E-state index < -0.39 is 29.6 Å². The van der Waals surface area contributed by atoms with Crippen molar-refractivity contribution in [1.82, 2.24) is 0 Å². The first kappa shape index (κ1) is 27.1. The van der Waals surface area contributed by atoms with E-state index >= 15 is 0 Å². The molecule has 0 radical (unpaired) electrons. The molecule has 0 aliphatic heterocycles. The van der Waals surface area contributed by atoms with Crippen molar-refractivity contribution >= 4 is 29.6 Å². The van der Waals surface area contributed by atoms with Crippen LogP contribution >= 0.6 is 0 Å². The van der Waals surface area contributed by atoms with Gasteiger partial charge in [0.15, 0.2) is 0 Å². The van der Waals surface area contributed by atoms with Crippen molar-refractivity contribution in [3.8, 4) is 0 Å². The lowest BCUT2D eigenvalue weighted by Gasteiger charge is -2.17. The quantitative estimate of drug-likeness (QED) is 0.422. The zero-order valence-electron chi connectivity index (χ0n) is 17.8. The van der Waals surface area contributed by atoms with Gasteiger partial charge in [-0.1, -0.05) is 54.4 Å². The molecule has 144 valence electrons. The van der Waals surface area contributed by atoms with Crippen LogP contribution in [0.2, 0.25) is 10.6 Å². The van der Waals surface area contributed by atoms with Crippen LogP contribution in [0, 0.1) is 17.8 Å². The highest BCUT2D eigenvalue weighted by Crippen LogP contribution is 2.10. The van der Waals surface area contributed by atoms with Crippen LogP contribution in [0.3, 0.4) is 0 Å². The maximum absolute atomic E-state index is 5.88. The third-order valence-electron chi connectivity index (χ3n) is 2.93. The zero-order valence-corrected chi connectivity index (χ0v) is 20.1. The fourth-order valence-corrected chi connectivity index (χ4v) is 5.47. The monoisotopic (exact) mass is 376 g/mol. The molecule has 0 heterocycles. The molecule has 0 atom stereocenters. The van der Waals surface area contributed by atoms with Crippen LogP contribution in [0.4, 0.5) is 0 Å². The Morgan fingerprint density at radius 2 is 1.00 bits per heavy atom. The van der Waals surface area contributed by atoms with Crippen LogP contribution in [0.15, 0.2) is 0 Å². The molecular formula is C18H42Al2O4. The molecule has 0 bridgehead atoms. The molecule has 0 amide bonds. The minimum atomic E-state index is -1.40. The topological polar surface area (TPSA) is 36.9 Å². The molecule has 0 rings (SSSR count). The largest absolute Gasteiger partial charge is 0.674 e. The molecule has 0 aliphatic rings. The van der Waals surface area contributed by atoms with Crippen molar-refractivity contribution in [2.24, 2.45) is 17.8 Å². The Hall–Kier alpha value is 0.905. The van der Waals surface area contributed by atoms with E-state index in [1.807, 2.05) is 13.8 Å². The smallest absolute Gasteiger partial charge is 0.479 e. The third kappa shape index (κ3) is 20.9. The number of hydrogen-bond acceptors (Lipinski definition) is 4. The van der Waals surface area contributed by atoms with Gasteiger partial charge in [-0.2, -0.15) is 0 Å². The Morgan fingerprint density at radius 3 is 1.25 bits per heavy atom. The van der Waals surface area contributed by atoms with Crippen LogP contribution in [-0.2, 0) is 15.2 Å². The molecule has 0 aromatic heterocycles. The second kappa shape index (κ2) is 18.7. The Kier molecular flexibility index (Phi) is 21.1. The van der Waals surface area contributed by atoms with Crippen LogP contribution in [-0.4, -0.2) is 56.1 Å². The summed E-state index contributed by atoms with van der Waals surface area (Å²) in [4.78, 5) is 0. The van der Waals surface area contributed by atoms with Crippen molar-refractivity contribution in [2.45, 2.75) is 72.9 Å². The van der Waals surface area contributed by atoms with Crippen LogP contribution in [0.1, 0.15) is 62.3 Å². The van der Waals surface area contributed by atoms with Crippen LogP contribution < -0.4 is 0 Å². The molecule has 4 nitrogen and oxygen atoms in total. The van der Waals surface area contributed by atoms with Gasteiger partial charge in [0.05, 0.1) is 0 Å². The van der Waals surface area contributed by atoms with Gasteiger partial charge in [-0.05, 0) is 36.2 Å². The normalized spacial score (nSPS) is 11.0. The molecule has 0 aromatic carbocycles. The van der Waals surface area contributed by atoms with Gasteiger partial charge >= 0.3 is 29.6 Å². The maximum Gasteiger partial charge on any atom is 0.674 e. The van der Waals surface area contributed by atoms with E-state index in [2.05, 4.69) is 48.5 Å². The Bertz CT molecular complexity index is 233. The average Bonchev–Trinajstić information content (AvgIpc) is 2.49. The predicted octanol–water partition coefficient (Wildman–Crippen LogP) is 5.04. The van der Waals surface area contributed by atoms with Gasteiger partial charge in [0.25, 0.3) is 0 Å². The summed E-state index contributed by atoms with van der Waals surface area (Å²) in [5.74, 6) is 1.89. The third-order valence-corrected chi connectivity index (χ3v) is 7.47. The lowest BCUT2D eigenvalue weighted by atomic mass is 10.2. The average molecular weight is 376 g/mol. The summed E-state index contributed by atoms with van der Waals surface area (Å²) in [7, 11) is 0. The van der Waals surface area contributed by atoms with Crippen molar-refractivity contribution in [1.29, 1.82) is 0 Å². The number of rotatable bonds is 13. The summed E-state index contributed by atoms with van der Waals surface area (Å²) in [6, 6.07) is 0. The molecular weight excluding hydrogens is 334 g/mol. The summed E-state index contributed by atoms with van der Waals surface area (Å²) in [5, 5.41) is 2.20. The summed E-state index contributed by atoms with van der Waals surface area (Å²) in [6.45, 7) is 22.6. The molecule has 0 fully saturated rings. The SMILES string of the molecule is CC(C)C[O][Al]([CH2]C(C)C)[O]CC(C)C.CC[O][Al]([CH2]C)[O]CC. The summed E-state index contributed by atoms with van der Waals surface area (Å²) >= 11 is -2.62. The van der Waals surface area contributed by atoms with Crippen molar-refractivity contribution in [3.63, 3.8) is 0 Å². The van der Waals surface area contributed by atoms with E-state index in [-0.39, 0.29) is 0 Å². The minimum absolute atomic E-state index is 0.606. The first-order chi connectivity index (χ1) is 11.3. The standard InChI is InChI=1S/2C4H9O.C4H9.2C2H5O.C2H5.2Al/c2*1-4(2)3-5;1-4(2)3;2*1-2-3;1-2;;/h2*4H,3H2,1-2H3;4H,1H2,2-3H3;2*2H2,1H3;1H2,2H3;;/q2*-1;;2*-1;;2*+2. The molecule has 0 aromatic rings. The molecule has 0 saturated heterocycles. The Balaban J connectivity index is 0. The molecule has 0 saturated carbocycles. The lowest BCUT2D eigenvalue weighted by Crippen LogP contribution is -2.28. The highest BCUT2D eigenvalue weighted by molar-refractivity contribution is 6.44. The van der Waals surface area contributed by atoms with Crippen molar-refractivity contribution in [3.05, 3.63) is 0 Å². The summed E-state index contributed by atoms with van der Waals surface area (Å²) in [6.07, 6.45) is 0. The van der Waals surface area contributed by atoms with Gasteiger partial charge in [-0.15, -0.1) is 0 Å². The Morgan fingerprint density at radius 1 is 0.583 bits per heavy atom. The molecule has 0 spiro atoms. The number of hydrogen-bond donors (Lipinski definition) is 0. The second-order valence-corrected chi connectivity index (χ2v) is 11.6. The highest BCUT2D eigenvalue weighted by Gasteiger charge is 2.26. The van der Waals surface area contributed by atoms with Gasteiger partial charge in [-0.3, -0.25) is 0 Å². The van der Waals surface area contributed by atoms with Gasteiger partial charge in [0.1, 0.15) is 0 Å². The fourth-order valence-electron chi connectivity index (χ4n) is 1.82. The minimum Gasteiger partial charge on any atom is -0.479 e. The fraction of sp³-hybridized carbons (Fsp3) is 1.00. The second-order valence-electron chi connectivity index (χ2n) is 7.26. The Labute approximate surface area is 161 Å². The molecule has 0 unspecified atom stereocenters. The lowest BCUT2D eigenvalue weighted by molar-refractivity contribution is 0.160. The van der Waals surface area contributed by atoms with Gasteiger partial charge in [0, 0.05) is 26.4 Å². The van der Waals surface area contributed by atoms with Gasteiger partial charge < -0.3 is 15.2 Å². The summed E-state index contributed by atoms with van der Waals surface area (Å²) < 4.78 is 22.5. The summed E-state index contributed by atoms with van der Waals surface area (Å²) in [5.41, 5.74) is 0. The maximum atomic E-state index is 5.88. The van der Waals surface area contributed by atoms with Crippen molar-refractivity contribution < 1.29 is 15.2 Å². The molecule has 6 heteroatoms. The van der Waals surface area contributed by atoms with E-state index in [9.17, 15) is 0 Å².